The number of aliphatic hydroxyl groups excluding tert-OH is 4. The Balaban J connectivity index is 2.92. The molecule has 21 heavy (non-hydrogen) atoms. The van der Waals surface area contributed by atoms with Crippen LogP contribution in [0.15, 0.2) is 0 Å². The number of carbonyl (C=O) groups excluding carboxylic acids is 1. The number of amides is 2. The van der Waals surface area contributed by atoms with Crippen molar-refractivity contribution in [3.8, 4) is 0 Å². The minimum Gasteiger partial charge on any atom is -0.394 e. The predicted octanol–water partition coefficient (Wildman–Crippen LogP) is -1.55. The van der Waals surface area contributed by atoms with E-state index in [1.54, 1.807) is 13.8 Å². The number of aliphatic hydroxyl groups is 4. The molecule has 2 amide bonds. The monoisotopic (exact) mass is 326 g/mol. The van der Waals surface area contributed by atoms with Gasteiger partial charge in [0.05, 0.1) is 6.61 Å². The normalized spacial score (nSPS) is 33.0. The van der Waals surface area contributed by atoms with Crippen LogP contribution in [0.5, 0.6) is 0 Å². The zero-order valence-corrected chi connectivity index (χ0v) is 12.8. The van der Waals surface area contributed by atoms with Crippen molar-refractivity contribution in [2.24, 2.45) is 0 Å². The van der Waals surface area contributed by atoms with Crippen LogP contribution < -0.4 is 5.32 Å². The van der Waals surface area contributed by atoms with Gasteiger partial charge in [0.2, 0.25) is 0 Å². The van der Waals surface area contributed by atoms with Gasteiger partial charge in [0.15, 0.2) is 6.23 Å². The number of nitrogens with zero attached hydrogens (tertiary/aromatic N) is 1. The molecule has 0 spiro atoms. The minimum absolute atomic E-state index is 0.229. The number of rotatable bonds is 5. The molecule has 0 aromatic carbocycles. The third-order valence-corrected chi connectivity index (χ3v) is 3.49. The van der Waals surface area contributed by atoms with Crippen LogP contribution in [0.2, 0.25) is 0 Å². The van der Waals surface area contributed by atoms with Crippen LogP contribution in [-0.4, -0.2) is 87.1 Å². The van der Waals surface area contributed by atoms with Crippen molar-refractivity contribution in [1.29, 1.82) is 0 Å². The summed E-state index contributed by atoms with van der Waals surface area (Å²) >= 11 is 5.51. The molecule has 1 fully saturated rings. The molecule has 1 aliphatic rings. The summed E-state index contributed by atoms with van der Waals surface area (Å²) in [5, 5.41) is 41.3. The smallest absolute Gasteiger partial charge is 0.319 e. The first kappa shape index (κ1) is 18.4. The van der Waals surface area contributed by atoms with E-state index in [9.17, 15) is 20.1 Å². The Bertz CT molecular complexity index is 344. The summed E-state index contributed by atoms with van der Waals surface area (Å²) in [4.78, 5) is 13.3. The maximum Gasteiger partial charge on any atom is 0.319 e. The van der Waals surface area contributed by atoms with Gasteiger partial charge in [0.25, 0.3) is 0 Å². The third-order valence-electron chi connectivity index (χ3n) is 3.30. The fourth-order valence-electron chi connectivity index (χ4n) is 2.20. The van der Waals surface area contributed by atoms with Crippen LogP contribution >= 0.6 is 11.6 Å². The van der Waals surface area contributed by atoms with Crippen molar-refractivity contribution in [2.75, 3.05) is 19.0 Å². The van der Waals surface area contributed by atoms with Gasteiger partial charge < -0.3 is 30.5 Å². The second-order valence-electron chi connectivity index (χ2n) is 5.14. The van der Waals surface area contributed by atoms with E-state index in [-0.39, 0.29) is 18.5 Å². The van der Waals surface area contributed by atoms with E-state index in [0.717, 1.165) is 0 Å². The van der Waals surface area contributed by atoms with E-state index in [2.05, 4.69) is 5.32 Å². The molecule has 1 saturated heterocycles. The standard InChI is InChI=1S/C12H23ClN2O6/c1-6(2)15(12(20)14-4-3-13)11-10(19)9(18)8(17)7(5-16)21-11/h6-11,16-19H,3-5H2,1-2H3,(H,14,20). The molecule has 5 unspecified atom stereocenters. The molecular weight excluding hydrogens is 304 g/mol. The first-order valence-corrected chi connectivity index (χ1v) is 7.31. The molecule has 0 aromatic heterocycles. The lowest BCUT2D eigenvalue weighted by Gasteiger charge is -2.45. The number of hydrogen-bond donors (Lipinski definition) is 5. The highest BCUT2D eigenvalue weighted by atomic mass is 35.5. The average molecular weight is 327 g/mol. The quantitative estimate of drug-likeness (QED) is 0.390. The molecule has 5 N–H and O–H groups in total. The second-order valence-corrected chi connectivity index (χ2v) is 5.52. The highest BCUT2D eigenvalue weighted by Crippen LogP contribution is 2.25. The van der Waals surface area contributed by atoms with Crippen molar-refractivity contribution in [3.63, 3.8) is 0 Å². The lowest BCUT2D eigenvalue weighted by Crippen LogP contribution is -2.66. The Morgan fingerprint density at radius 2 is 1.90 bits per heavy atom. The van der Waals surface area contributed by atoms with Crippen LogP contribution in [0.25, 0.3) is 0 Å². The number of nitrogens with one attached hydrogen (secondary N) is 1. The molecule has 0 aromatic rings. The Kier molecular flexibility index (Phi) is 7.11. The SMILES string of the molecule is CC(C)N(C(=O)NCCCl)C1OC(CO)C(O)C(O)C1O. The maximum absolute atomic E-state index is 12.1. The summed E-state index contributed by atoms with van der Waals surface area (Å²) in [6.45, 7) is 3.11. The van der Waals surface area contributed by atoms with Gasteiger partial charge in [-0.15, -0.1) is 11.6 Å². The predicted molar refractivity (Wildman–Crippen MR) is 74.9 cm³/mol. The largest absolute Gasteiger partial charge is 0.394 e. The fourth-order valence-corrected chi connectivity index (χ4v) is 2.30. The number of urea groups is 1. The van der Waals surface area contributed by atoms with Gasteiger partial charge in [-0.05, 0) is 13.8 Å². The molecule has 8 nitrogen and oxygen atoms in total. The summed E-state index contributed by atoms with van der Waals surface area (Å²) in [6.07, 6.45) is -6.72. The number of ether oxygens (including phenoxy) is 1. The van der Waals surface area contributed by atoms with Crippen molar-refractivity contribution >= 4 is 17.6 Å². The molecule has 0 bridgehead atoms. The minimum atomic E-state index is -1.53. The lowest BCUT2D eigenvalue weighted by atomic mass is 9.97. The van der Waals surface area contributed by atoms with Crippen LogP contribution in [0.4, 0.5) is 4.79 Å². The third kappa shape index (κ3) is 4.18. The Hall–Kier alpha value is -0.640. The van der Waals surface area contributed by atoms with Crippen LogP contribution in [-0.2, 0) is 4.74 Å². The highest BCUT2D eigenvalue weighted by Gasteiger charge is 2.47. The molecule has 1 rings (SSSR count). The van der Waals surface area contributed by atoms with Crippen LogP contribution in [0.3, 0.4) is 0 Å². The van der Waals surface area contributed by atoms with E-state index in [4.69, 9.17) is 21.4 Å². The summed E-state index contributed by atoms with van der Waals surface area (Å²) in [6, 6.07) is -0.864. The summed E-state index contributed by atoms with van der Waals surface area (Å²) in [7, 11) is 0. The molecule has 9 heteroatoms. The molecule has 0 aliphatic carbocycles. The van der Waals surface area contributed by atoms with E-state index in [0.29, 0.717) is 0 Å². The Morgan fingerprint density at radius 1 is 1.29 bits per heavy atom. The number of carbonyl (C=O) groups is 1. The fraction of sp³-hybridized carbons (Fsp3) is 0.917. The first-order chi connectivity index (χ1) is 9.84. The average Bonchev–Trinajstić information content (AvgIpc) is 2.45. The van der Waals surface area contributed by atoms with Gasteiger partial charge in [-0.25, -0.2) is 4.79 Å². The van der Waals surface area contributed by atoms with E-state index in [1.165, 1.54) is 4.90 Å². The topological polar surface area (TPSA) is 122 Å². The van der Waals surface area contributed by atoms with Gasteiger partial charge in [-0.2, -0.15) is 0 Å². The lowest BCUT2D eigenvalue weighted by molar-refractivity contribution is -0.260. The zero-order valence-electron chi connectivity index (χ0n) is 12.0. The summed E-state index contributed by atoms with van der Waals surface area (Å²) < 4.78 is 5.38. The molecule has 124 valence electrons. The Morgan fingerprint density at radius 3 is 2.38 bits per heavy atom. The first-order valence-electron chi connectivity index (χ1n) is 6.77. The Labute approximate surface area is 128 Å². The van der Waals surface area contributed by atoms with Gasteiger partial charge >= 0.3 is 6.03 Å². The highest BCUT2D eigenvalue weighted by molar-refractivity contribution is 6.18. The number of hydrogen-bond acceptors (Lipinski definition) is 6. The van der Waals surface area contributed by atoms with Crippen molar-refractivity contribution < 1.29 is 30.0 Å². The van der Waals surface area contributed by atoms with Crippen LogP contribution in [0, 0.1) is 0 Å². The summed E-state index contributed by atoms with van der Waals surface area (Å²) in [5.74, 6) is 0.229. The molecular formula is C12H23ClN2O6. The van der Waals surface area contributed by atoms with Crippen LogP contribution in [0.1, 0.15) is 13.8 Å². The van der Waals surface area contributed by atoms with E-state index in [1.807, 2.05) is 0 Å². The van der Waals surface area contributed by atoms with Gasteiger partial charge in [0.1, 0.15) is 24.4 Å². The zero-order chi connectivity index (χ0) is 16.2. The van der Waals surface area contributed by atoms with Crippen molar-refractivity contribution in [3.05, 3.63) is 0 Å². The van der Waals surface area contributed by atoms with Gasteiger partial charge in [0, 0.05) is 18.5 Å². The second kappa shape index (κ2) is 8.11. The number of alkyl halides is 1. The van der Waals surface area contributed by atoms with Crippen molar-refractivity contribution in [2.45, 2.75) is 50.5 Å². The number of halogens is 1. The maximum atomic E-state index is 12.1. The molecule has 0 radical (unpaired) electrons. The van der Waals surface area contributed by atoms with E-state index < -0.39 is 43.3 Å². The molecule has 0 saturated carbocycles. The molecule has 1 aliphatic heterocycles. The summed E-state index contributed by atoms with van der Waals surface area (Å²) in [5.41, 5.74) is 0. The van der Waals surface area contributed by atoms with E-state index >= 15 is 0 Å². The van der Waals surface area contributed by atoms with Gasteiger partial charge in [-0.1, -0.05) is 0 Å². The molecule has 5 atom stereocenters. The van der Waals surface area contributed by atoms with Gasteiger partial charge in [-0.3, -0.25) is 4.90 Å². The molecule has 1 heterocycles. The van der Waals surface area contributed by atoms with Crippen molar-refractivity contribution in [1.82, 2.24) is 10.2 Å².